The fraction of sp³-hybridized carbons (Fsp3) is 0. The fourth-order valence-electron chi connectivity index (χ4n) is 7.05. The average molecular weight is 717 g/mol. The molecule has 10 rings (SSSR count). The van der Waals surface area contributed by atoms with Crippen LogP contribution >= 0.6 is 22.7 Å². The number of aliphatic imine (C=N–C) groups is 2. The third kappa shape index (κ3) is 5.44. The van der Waals surface area contributed by atoms with E-state index in [4.69, 9.17) is 15.1 Å². The molecule has 0 saturated heterocycles. The number of nitrogens with one attached hydrogen (secondary N) is 1. The van der Waals surface area contributed by atoms with Crippen LogP contribution in [0.1, 0.15) is 16.7 Å². The van der Waals surface area contributed by atoms with Gasteiger partial charge in [-0.2, -0.15) is 5.10 Å². The summed E-state index contributed by atoms with van der Waals surface area (Å²) in [5, 5.41) is 20.2. The van der Waals surface area contributed by atoms with E-state index < -0.39 is 0 Å². The number of aromatic nitrogens is 3. The number of amidine groups is 2. The predicted molar refractivity (Wildman–Crippen MR) is 224 cm³/mol. The normalized spacial score (nSPS) is 12.3. The number of nitrogens with zero attached hydrogens (tertiary/aromatic N) is 5. The number of fused-ring (bicyclic) bond motifs is 7. The van der Waals surface area contributed by atoms with Gasteiger partial charge in [0, 0.05) is 81.0 Å². The lowest BCUT2D eigenvalue weighted by atomic mass is 10.1. The van der Waals surface area contributed by atoms with Crippen LogP contribution in [0.25, 0.3) is 68.2 Å². The Labute approximate surface area is 312 Å². The molecule has 1 N–H and O–H groups in total. The molecule has 0 amide bonds. The number of benzene rings is 6. The summed E-state index contributed by atoms with van der Waals surface area (Å²) in [6.07, 6.45) is 5.41. The summed E-state index contributed by atoms with van der Waals surface area (Å²) in [6.45, 7) is 0. The van der Waals surface area contributed by atoms with Crippen molar-refractivity contribution in [2.24, 2.45) is 9.98 Å². The van der Waals surface area contributed by atoms with Gasteiger partial charge in [-0.3, -0.25) is 10.4 Å². The molecule has 0 aliphatic carbocycles. The van der Waals surface area contributed by atoms with Gasteiger partial charge >= 0.3 is 0 Å². The van der Waals surface area contributed by atoms with Gasteiger partial charge in [0.25, 0.3) is 0 Å². The van der Waals surface area contributed by atoms with Crippen LogP contribution in [0, 0.1) is 5.41 Å². The molecule has 0 radical (unpaired) electrons. The molecule has 0 atom stereocenters. The Morgan fingerprint density at radius 1 is 0.604 bits per heavy atom. The fourth-order valence-corrected chi connectivity index (χ4v) is 9.47. The van der Waals surface area contributed by atoms with Gasteiger partial charge in [0.15, 0.2) is 11.7 Å². The Morgan fingerprint density at radius 2 is 1.21 bits per heavy atom. The molecule has 4 aromatic heterocycles. The van der Waals surface area contributed by atoms with Gasteiger partial charge in [-0.1, -0.05) is 97.1 Å². The van der Waals surface area contributed by atoms with Crippen LogP contribution in [-0.4, -0.2) is 32.7 Å². The van der Waals surface area contributed by atoms with Gasteiger partial charge in [-0.25, -0.2) is 14.7 Å². The minimum Gasteiger partial charge on any atom is -0.282 e. The van der Waals surface area contributed by atoms with E-state index in [-0.39, 0.29) is 5.84 Å². The Bertz CT molecular complexity index is 3090. The molecule has 250 valence electrons. The Hall–Kier alpha value is -6.61. The Kier molecular flexibility index (Phi) is 7.56. The first-order valence-electron chi connectivity index (χ1n) is 17.2. The van der Waals surface area contributed by atoms with Crippen molar-refractivity contribution in [3.05, 3.63) is 175 Å². The zero-order valence-electron chi connectivity index (χ0n) is 28.1. The third-order valence-corrected chi connectivity index (χ3v) is 12.0. The molecule has 0 spiro atoms. The van der Waals surface area contributed by atoms with Crippen molar-refractivity contribution < 1.29 is 0 Å². The number of para-hydroxylation sites is 1. The maximum atomic E-state index is 9.39. The van der Waals surface area contributed by atoms with E-state index in [0.717, 1.165) is 64.7 Å². The molecule has 53 heavy (non-hydrogen) atoms. The van der Waals surface area contributed by atoms with Crippen LogP contribution < -0.4 is 0 Å². The SMILES string of the molecule is N=C(N=C(N=Cc1cccc(-c2nn(-c3ccncc3)c3ccccc23)c1)c1cccc2c1sc1ccccc12)c1cccc2c1sc1ccccc12. The molecule has 6 aromatic carbocycles. The number of hydrogen-bond donors (Lipinski definition) is 1. The molecular formula is C45H28N6S2. The van der Waals surface area contributed by atoms with Crippen LogP contribution in [0.4, 0.5) is 0 Å². The van der Waals surface area contributed by atoms with E-state index in [1.54, 1.807) is 35.1 Å². The molecule has 8 heteroatoms. The molecule has 0 aliphatic rings. The summed E-state index contributed by atoms with van der Waals surface area (Å²) in [5.74, 6) is 0.664. The summed E-state index contributed by atoms with van der Waals surface area (Å²) < 4.78 is 6.51. The highest BCUT2D eigenvalue weighted by molar-refractivity contribution is 7.26. The predicted octanol–water partition coefficient (Wildman–Crippen LogP) is 11.7. The molecule has 0 saturated carbocycles. The second-order valence-corrected chi connectivity index (χ2v) is 14.8. The largest absolute Gasteiger partial charge is 0.282 e. The standard InChI is InChI=1S/C45H28N6S2/c46-44(36-17-8-15-33-31-12-2-5-20-39(31)52-42(33)36)49-45(37-18-9-16-34-32-13-3-6-21-40(32)53-43(34)37)48-27-28-10-7-11-29(26-28)41-35-14-1-4-19-38(35)51(50-41)30-22-24-47-25-23-30/h1-27,46H. The van der Waals surface area contributed by atoms with Crippen LogP contribution in [0.5, 0.6) is 0 Å². The average Bonchev–Trinajstić information content (AvgIpc) is 3.92. The quantitative estimate of drug-likeness (QED) is 0.142. The first kappa shape index (κ1) is 31.2. The van der Waals surface area contributed by atoms with Crippen LogP contribution in [0.2, 0.25) is 0 Å². The lowest BCUT2D eigenvalue weighted by molar-refractivity contribution is 0.911. The van der Waals surface area contributed by atoms with Gasteiger partial charge in [0.2, 0.25) is 0 Å². The molecule has 0 aliphatic heterocycles. The summed E-state index contributed by atoms with van der Waals surface area (Å²) >= 11 is 3.43. The van der Waals surface area contributed by atoms with Gasteiger partial charge < -0.3 is 0 Å². The minimum atomic E-state index is 0.175. The zero-order chi connectivity index (χ0) is 35.3. The van der Waals surface area contributed by atoms with Gasteiger partial charge in [-0.15, -0.1) is 22.7 Å². The maximum absolute atomic E-state index is 9.39. The highest BCUT2D eigenvalue weighted by Crippen LogP contribution is 2.38. The number of pyridine rings is 1. The maximum Gasteiger partial charge on any atom is 0.163 e. The molecule has 10 aromatic rings. The number of hydrogen-bond acceptors (Lipinski definition) is 5. The molecule has 6 nitrogen and oxygen atoms in total. The first-order chi connectivity index (χ1) is 26.2. The summed E-state index contributed by atoms with van der Waals surface area (Å²) in [6, 6.07) is 49.7. The molecule has 4 heterocycles. The zero-order valence-corrected chi connectivity index (χ0v) is 29.8. The first-order valence-corrected chi connectivity index (χ1v) is 18.8. The topological polar surface area (TPSA) is 79.3 Å². The van der Waals surface area contributed by atoms with Crippen LogP contribution in [-0.2, 0) is 0 Å². The smallest absolute Gasteiger partial charge is 0.163 e. The highest BCUT2D eigenvalue weighted by atomic mass is 32.1. The Balaban J connectivity index is 1.10. The number of thiophene rings is 2. The second-order valence-electron chi connectivity index (χ2n) is 12.7. The van der Waals surface area contributed by atoms with E-state index in [1.807, 2.05) is 59.4 Å². The van der Waals surface area contributed by atoms with Crippen molar-refractivity contribution >= 4 is 91.8 Å². The van der Waals surface area contributed by atoms with E-state index in [0.29, 0.717) is 5.84 Å². The monoisotopic (exact) mass is 716 g/mol. The highest BCUT2D eigenvalue weighted by Gasteiger charge is 2.17. The second kappa shape index (κ2) is 12.9. The molecule has 0 bridgehead atoms. The lowest BCUT2D eigenvalue weighted by Crippen LogP contribution is -2.05. The molecular weight excluding hydrogens is 689 g/mol. The van der Waals surface area contributed by atoms with Gasteiger partial charge in [0.1, 0.15) is 5.69 Å². The third-order valence-electron chi connectivity index (χ3n) is 9.51. The van der Waals surface area contributed by atoms with E-state index in [9.17, 15) is 5.41 Å². The lowest BCUT2D eigenvalue weighted by Gasteiger charge is -2.07. The minimum absolute atomic E-state index is 0.175. The van der Waals surface area contributed by atoms with Crippen molar-refractivity contribution in [1.82, 2.24) is 14.8 Å². The van der Waals surface area contributed by atoms with Crippen molar-refractivity contribution in [3.63, 3.8) is 0 Å². The van der Waals surface area contributed by atoms with Crippen molar-refractivity contribution in [2.45, 2.75) is 0 Å². The molecule has 0 fully saturated rings. The molecule has 0 unspecified atom stereocenters. The van der Waals surface area contributed by atoms with E-state index in [1.165, 1.54) is 20.2 Å². The summed E-state index contributed by atoms with van der Waals surface area (Å²) in [4.78, 5) is 14.3. The van der Waals surface area contributed by atoms with Crippen molar-refractivity contribution in [2.75, 3.05) is 0 Å². The van der Waals surface area contributed by atoms with Gasteiger partial charge in [-0.05, 0) is 54.1 Å². The van der Waals surface area contributed by atoms with Crippen LogP contribution in [0.15, 0.2) is 168 Å². The van der Waals surface area contributed by atoms with E-state index in [2.05, 4.69) is 102 Å². The summed E-state index contributed by atoms with van der Waals surface area (Å²) in [5.41, 5.74) is 6.42. The van der Waals surface area contributed by atoms with Gasteiger partial charge in [0.05, 0.1) is 11.2 Å². The number of rotatable bonds is 5. The van der Waals surface area contributed by atoms with E-state index >= 15 is 0 Å². The van der Waals surface area contributed by atoms with Crippen molar-refractivity contribution in [1.29, 1.82) is 5.41 Å². The van der Waals surface area contributed by atoms with Crippen LogP contribution in [0.3, 0.4) is 0 Å². The van der Waals surface area contributed by atoms with Crippen molar-refractivity contribution in [3.8, 4) is 16.9 Å². The summed E-state index contributed by atoms with van der Waals surface area (Å²) in [7, 11) is 0. The Morgan fingerprint density at radius 3 is 1.94 bits per heavy atom.